The number of halogens is 1. The molecule has 8 heteroatoms. The molecule has 20 heavy (non-hydrogen) atoms. The highest BCUT2D eigenvalue weighted by molar-refractivity contribution is 6.33. The minimum absolute atomic E-state index is 0.0714. The lowest BCUT2D eigenvalue weighted by molar-refractivity contribution is -0.385. The molecule has 0 amide bonds. The molecule has 0 aromatic carbocycles. The van der Waals surface area contributed by atoms with Gasteiger partial charge < -0.3 is 10.2 Å². The topological polar surface area (TPSA) is 74.5 Å². The van der Waals surface area contributed by atoms with Crippen molar-refractivity contribution in [1.82, 2.24) is 15.2 Å². The van der Waals surface area contributed by atoms with Gasteiger partial charge in [-0.2, -0.15) is 0 Å². The molecule has 0 spiro atoms. The molecule has 3 heterocycles. The second-order valence-corrected chi connectivity index (χ2v) is 5.50. The lowest BCUT2D eigenvalue weighted by Gasteiger charge is -2.43. The van der Waals surface area contributed by atoms with E-state index in [1.807, 2.05) is 0 Å². The van der Waals surface area contributed by atoms with Crippen LogP contribution in [0.2, 0.25) is 5.02 Å². The van der Waals surface area contributed by atoms with E-state index in [4.69, 9.17) is 11.6 Å². The van der Waals surface area contributed by atoms with E-state index in [2.05, 4.69) is 20.1 Å². The highest BCUT2D eigenvalue weighted by Crippen LogP contribution is 2.28. The summed E-state index contributed by atoms with van der Waals surface area (Å²) in [6.07, 6.45) is 1.27. The SMILES string of the molecule is O=[N+]([O-])c1cnc(N2CCN(C3CNC3)CC2)c(Cl)c1. The Balaban J connectivity index is 1.66. The summed E-state index contributed by atoms with van der Waals surface area (Å²) in [5, 5.41) is 14.3. The fraction of sp³-hybridized carbons (Fsp3) is 0.583. The van der Waals surface area contributed by atoms with Gasteiger partial charge in [0.05, 0.1) is 9.95 Å². The molecule has 0 atom stereocenters. The lowest BCUT2D eigenvalue weighted by atomic mass is 10.1. The molecule has 0 saturated carbocycles. The number of nitrogens with one attached hydrogen (secondary N) is 1. The van der Waals surface area contributed by atoms with E-state index >= 15 is 0 Å². The molecule has 2 aliphatic heterocycles. The Morgan fingerprint density at radius 3 is 2.55 bits per heavy atom. The molecule has 1 N–H and O–H groups in total. The molecular weight excluding hydrogens is 282 g/mol. The second kappa shape index (κ2) is 5.51. The number of hydrogen-bond donors (Lipinski definition) is 1. The van der Waals surface area contributed by atoms with Gasteiger partial charge in [0.1, 0.15) is 12.0 Å². The summed E-state index contributed by atoms with van der Waals surface area (Å²) in [4.78, 5) is 18.9. The molecule has 1 aromatic heterocycles. The number of anilines is 1. The van der Waals surface area contributed by atoms with Crippen LogP contribution in [0.1, 0.15) is 0 Å². The van der Waals surface area contributed by atoms with Gasteiger partial charge in [0.2, 0.25) is 0 Å². The van der Waals surface area contributed by atoms with Crippen molar-refractivity contribution in [3.8, 4) is 0 Å². The van der Waals surface area contributed by atoms with Crippen LogP contribution < -0.4 is 10.2 Å². The minimum atomic E-state index is -0.482. The Hall–Kier alpha value is -1.44. The quantitative estimate of drug-likeness (QED) is 0.655. The standard InChI is InChI=1S/C12H16ClN5O2/c13-11-5-9(18(19)20)8-15-12(11)17-3-1-16(2-4-17)10-6-14-7-10/h5,8,10,14H,1-4,6-7H2. The number of nitro groups is 1. The molecule has 2 saturated heterocycles. The van der Waals surface area contributed by atoms with Crippen LogP contribution in [0.5, 0.6) is 0 Å². The monoisotopic (exact) mass is 297 g/mol. The van der Waals surface area contributed by atoms with Gasteiger partial charge in [-0.3, -0.25) is 15.0 Å². The molecule has 2 fully saturated rings. The first-order valence-corrected chi connectivity index (χ1v) is 7.02. The van der Waals surface area contributed by atoms with Crippen molar-refractivity contribution in [1.29, 1.82) is 0 Å². The van der Waals surface area contributed by atoms with E-state index in [9.17, 15) is 10.1 Å². The van der Waals surface area contributed by atoms with E-state index in [0.29, 0.717) is 16.9 Å². The van der Waals surface area contributed by atoms with Crippen molar-refractivity contribution >= 4 is 23.1 Å². The average molecular weight is 298 g/mol. The first-order valence-electron chi connectivity index (χ1n) is 6.65. The molecule has 3 rings (SSSR count). The van der Waals surface area contributed by atoms with Gasteiger partial charge in [0.25, 0.3) is 5.69 Å². The maximum Gasteiger partial charge on any atom is 0.289 e. The van der Waals surface area contributed by atoms with Gasteiger partial charge in [0.15, 0.2) is 0 Å². The van der Waals surface area contributed by atoms with E-state index in [1.165, 1.54) is 12.3 Å². The Morgan fingerprint density at radius 2 is 2.05 bits per heavy atom. The molecule has 108 valence electrons. The summed E-state index contributed by atoms with van der Waals surface area (Å²) in [6.45, 7) is 5.78. The van der Waals surface area contributed by atoms with Crippen LogP contribution in [0.15, 0.2) is 12.3 Å². The molecular formula is C12H16ClN5O2. The third kappa shape index (κ3) is 2.56. The second-order valence-electron chi connectivity index (χ2n) is 5.09. The number of aromatic nitrogens is 1. The van der Waals surface area contributed by atoms with Crippen molar-refractivity contribution < 1.29 is 4.92 Å². The summed E-state index contributed by atoms with van der Waals surface area (Å²) in [6, 6.07) is 2.02. The Morgan fingerprint density at radius 1 is 1.35 bits per heavy atom. The average Bonchev–Trinajstić information content (AvgIpc) is 2.37. The predicted octanol–water partition coefficient (Wildman–Crippen LogP) is 0.737. The summed E-state index contributed by atoms with van der Waals surface area (Å²) in [7, 11) is 0. The lowest BCUT2D eigenvalue weighted by Crippen LogP contribution is -2.61. The van der Waals surface area contributed by atoms with E-state index in [-0.39, 0.29) is 5.69 Å². The zero-order chi connectivity index (χ0) is 14.1. The number of pyridine rings is 1. The number of nitrogens with zero attached hydrogens (tertiary/aromatic N) is 4. The number of hydrogen-bond acceptors (Lipinski definition) is 6. The van der Waals surface area contributed by atoms with Gasteiger partial charge in [-0.1, -0.05) is 11.6 Å². The molecule has 0 bridgehead atoms. The fourth-order valence-electron chi connectivity index (χ4n) is 2.58. The summed E-state index contributed by atoms with van der Waals surface area (Å²) in [5.41, 5.74) is -0.0714. The highest BCUT2D eigenvalue weighted by Gasteiger charge is 2.28. The van der Waals surface area contributed by atoms with Crippen molar-refractivity contribution in [3.63, 3.8) is 0 Å². The zero-order valence-electron chi connectivity index (χ0n) is 11.0. The number of piperazine rings is 1. The maximum absolute atomic E-state index is 10.7. The first-order chi connectivity index (χ1) is 9.65. The van der Waals surface area contributed by atoms with E-state index in [0.717, 1.165) is 39.3 Å². The molecule has 2 aliphatic rings. The van der Waals surface area contributed by atoms with Gasteiger partial charge in [-0.25, -0.2) is 4.98 Å². The molecule has 1 aromatic rings. The van der Waals surface area contributed by atoms with Gasteiger partial charge in [0, 0.05) is 51.4 Å². The van der Waals surface area contributed by atoms with Crippen molar-refractivity contribution in [2.45, 2.75) is 6.04 Å². The molecule has 0 radical (unpaired) electrons. The molecule has 0 unspecified atom stereocenters. The van der Waals surface area contributed by atoms with Crippen LogP contribution in [-0.2, 0) is 0 Å². The third-order valence-electron chi connectivity index (χ3n) is 3.91. The first kappa shape index (κ1) is 13.5. The van der Waals surface area contributed by atoms with Crippen LogP contribution in [0.3, 0.4) is 0 Å². The Labute approximate surface area is 121 Å². The Bertz CT molecular complexity index is 515. The van der Waals surface area contributed by atoms with Gasteiger partial charge >= 0.3 is 0 Å². The van der Waals surface area contributed by atoms with Crippen molar-refractivity contribution in [2.75, 3.05) is 44.2 Å². The maximum atomic E-state index is 10.7. The van der Waals surface area contributed by atoms with Crippen LogP contribution in [-0.4, -0.2) is 60.1 Å². The highest BCUT2D eigenvalue weighted by atomic mass is 35.5. The smallest absolute Gasteiger partial charge is 0.289 e. The fourth-order valence-corrected chi connectivity index (χ4v) is 2.86. The zero-order valence-corrected chi connectivity index (χ0v) is 11.7. The van der Waals surface area contributed by atoms with E-state index < -0.39 is 4.92 Å². The summed E-state index contributed by atoms with van der Waals surface area (Å²) >= 11 is 6.11. The molecule has 0 aliphatic carbocycles. The third-order valence-corrected chi connectivity index (χ3v) is 4.19. The van der Waals surface area contributed by atoms with E-state index in [1.54, 1.807) is 0 Å². The summed E-state index contributed by atoms with van der Waals surface area (Å²) in [5.74, 6) is 0.642. The minimum Gasteiger partial charge on any atom is -0.353 e. The summed E-state index contributed by atoms with van der Waals surface area (Å²) < 4.78 is 0. The molecule has 7 nitrogen and oxygen atoms in total. The van der Waals surface area contributed by atoms with Crippen LogP contribution in [0.4, 0.5) is 11.5 Å². The van der Waals surface area contributed by atoms with Crippen LogP contribution in [0.25, 0.3) is 0 Å². The van der Waals surface area contributed by atoms with Crippen LogP contribution >= 0.6 is 11.6 Å². The predicted molar refractivity (Wildman–Crippen MR) is 76.3 cm³/mol. The van der Waals surface area contributed by atoms with Gasteiger partial charge in [-0.15, -0.1) is 0 Å². The van der Waals surface area contributed by atoms with Gasteiger partial charge in [-0.05, 0) is 0 Å². The number of rotatable bonds is 3. The van der Waals surface area contributed by atoms with Crippen LogP contribution in [0, 0.1) is 10.1 Å². The van der Waals surface area contributed by atoms with Crippen molar-refractivity contribution in [3.05, 3.63) is 27.4 Å². The largest absolute Gasteiger partial charge is 0.353 e. The Kier molecular flexibility index (Phi) is 3.73. The van der Waals surface area contributed by atoms with Crippen molar-refractivity contribution in [2.24, 2.45) is 0 Å². The normalized spacial score (nSPS) is 20.8.